The molecule has 4 aliphatic rings. The summed E-state index contributed by atoms with van der Waals surface area (Å²) in [6, 6.07) is 8.00. The van der Waals surface area contributed by atoms with Crippen LogP contribution in [0.25, 0.3) is 10.9 Å². The Balaban J connectivity index is 1.46. The maximum absolute atomic E-state index is 11.2. The molecular formula is C20H24N2O3. The van der Waals surface area contributed by atoms with Gasteiger partial charge < -0.3 is 14.6 Å². The molecule has 5 heterocycles. The van der Waals surface area contributed by atoms with Crippen molar-refractivity contribution in [3.8, 4) is 5.75 Å². The molecule has 132 valence electrons. The molecule has 1 N–H and O–H groups in total. The lowest BCUT2D eigenvalue weighted by molar-refractivity contribution is -0.0612. The minimum atomic E-state index is -0.499. The second kappa shape index (κ2) is 5.94. The van der Waals surface area contributed by atoms with Crippen molar-refractivity contribution in [2.45, 2.75) is 31.1 Å². The molecule has 0 saturated carbocycles. The standard InChI is InChI=1S/C20H24N2O3/c1-24-13-2-3-17-15(9-13)14(4-6-21-17)20(23)18-8-12-5-7-22(18)10-16(12)19-11-25-19/h2-4,6,9,12,16,18-20,23H,5,7-8,10-11H2,1H3/t12?,16-,18+,19?,20?/m1/s1. The first-order chi connectivity index (χ1) is 12.2. The molecule has 6 rings (SSSR count). The van der Waals surface area contributed by atoms with Gasteiger partial charge in [-0.25, -0.2) is 0 Å². The van der Waals surface area contributed by atoms with E-state index in [2.05, 4.69) is 9.88 Å². The van der Waals surface area contributed by atoms with E-state index in [1.165, 1.54) is 6.42 Å². The van der Waals surface area contributed by atoms with Crippen molar-refractivity contribution in [2.24, 2.45) is 11.8 Å². The van der Waals surface area contributed by atoms with Gasteiger partial charge in [0.25, 0.3) is 0 Å². The smallest absolute Gasteiger partial charge is 0.119 e. The normalized spacial score (nSPS) is 34.9. The van der Waals surface area contributed by atoms with E-state index in [0.29, 0.717) is 17.9 Å². The Bertz CT molecular complexity index is 792. The molecule has 25 heavy (non-hydrogen) atoms. The lowest BCUT2D eigenvalue weighted by atomic mass is 9.72. The first kappa shape index (κ1) is 15.6. The Morgan fingerprint density at radius 2 is 2.24 bits per heavy atom. The number of nitrogens with zero attached hydrogens (tertiary/aromatic N) is 2. The van der Waals surface area contributed by atoms with Crippen molar-refractivity contribution in [3.05, 3.63) is 36.0 Å². The summed E-state index contributed by atoms with van der Waals surface area (Å²) in [5, 5.41) is 12.2. The third-order valence-corrected chi connectivity index (χ3v) is 6.35. The van der Waals surface area contributed by atoms with Crippen LogP contribution in [-0.4, -0.2) is 53.9 Å². The number of ether oxygens (including phenoxy) is 2. The molecule has 4 fully saturated rings. The topological polar surface area (TPSA) is 58.1 Å². The van der Waals surface area contributed by atoms with Crippen LogP contribution in [0.2, 0.25) is 0 Å². The van der Waals surface area contributed by atoms with Crippen molar-refractivity contribution in [1.82, 2.24) is 9.88 Å². The summed E-state index contributed by atoms with van der Waals surface area (Å²) in [6.07, 6.45) is 4.06. The van der Waals surface area contributed by atoms with Crippen LogP contribution < -0.4 is 4.74 Å². The van der Waals surface area contributed by atoms with Crippen LogP contribution in [0.15, 0.2) is 30.5 Å². The van der Waals surface area contributed by atoms with E-state index in [9.17, 15) is 5.11 Å². The van der Waals surface area contributed by atoms with E-state index in [0.717, 1.165) is 48.3 Å². The van der Waals surface area contributed by atoms with Gasteiger partial charge in [0.05, 0.1) is 31.4 Å². The van der Waals surface area contributed by atoms with Gasteiger partial charge in [-0.3, -0.25) is 9.88 Å². The highest BCUT2D eigenvalue weighted by atomic mass is 16.6. The number of piperidine rings is 3. The van der Waals surface area contributed by atoms with E-state index in [1.807, 2.05) is 24.3 Å². The zero-order valence-corrected chi connectivity index (χ0v) is 14.5. The highest BCUT2D eigenvalue weighted by Crippen LogP contribution is 2.45. The molecule has 0 spiro atoms. The predicted molar refractivity (Wildman–Crippen MR) is 94.6 cm³/mol. The number of pyridine rings is 1. The number of rotatable bonds is 4. The van der Waals surface area contributed by atoms with E-state index in [4.69, 9.17) is 9.47 Å². The fourth-order valence-corrected chi connectivity index (χ4v) is 4.90. The third kappa shape index (κ3) is 2.62. The van der Waals surface area contributed by atoms with Gasteiger partial charge in [0, 0.05) is 30.1 Å². The van der Waals surface area contributed by atoms with Gasteiger partial charge in [0.2, 0.25) is 0 Å². The number of aromatic nitrogens is 1. The predicted octanol–water partition coefficient (Wildman–Crippen LogP) is 2.39. The molecule has 0 aliphatic carbocycles. The van der Waals surface area contributed by atoms with Gasteiger partial charge in [-0.1, -0.05) is 0 Å². The number of benzene rings is 1. The Labute approximate surface area is 147 Å². The summed E-state index contributed by atoms with van der Waals surface area (Å²) >= 11 is 0. The zero-order chi connectivity index (χ0) is 17.0. The molecular weight excluding hydrogens is 316 g/mol. The number of epoxide rings is 1. The lowest BCUT2D eigenvalue weighted by Crippen LogP contribution is -2.56. The van der Waals surface area contributed by atoms with Gasteiger partial charge in [-0.2, -0.15) is 0 Å². The first-order valence-electron chi connectivity index (χ1n) is 9.21. The molecule has 5 nitrogen and oxygen atoms in total. The average molecular weight is 340 g/mol. The number of aliphatic hydroxyl groups excluding tert-OH is 1. The molecule has 2 aromatic rings. The summed E-state index contributed by atoms with van der Waals surface area (Å²) in [5.74, 6) is 2.14. The second-order valence-corrected chi connectivity index (χ2v) is 7.61. The van der Waals surface area contributed by atoms with Crippen LogP contribution in [0.4, 0.5) is 0 Å². The molecule has 2 bridgehead atoms. The number of aliphatic hydroxyl groups is 1. The third-order valence-electron chi connectivity index (χ3n) is 6.35. The Kier molecular flexibility index (Phi) is 3.69. The van der Waals surface area contributed by atoms with E-state index in [-0.39, 0.29) is 6.04 Å². The van der Waals surface area contributed by atoms with Crippen molar-refractivity contribution >= 4 is 10.9 Å². The monoisotopic (exact) mass is 340 g/mol. The fourth-order valence-electron chi connectivity index (χ4n) is 4.90. The van der Waals surface area contributed by atoms with E-state index < -0.39 is 6.10 Å². The summed E-state index contributed by atoms with van der Waals surface area (Å²) < 4.78 is 10.9. The maximum atomic E-state index is 11.2. The van der Waals surface area contributed by atoms with Gasteiger partial charge in [-0.15, -0.1) is 0 Å². The lowest BCUT2D eigenvalue weighted by Gasteiger charge is -2.51. The van der Waals surface area contributed by atoms with Crippen molar-refractivity contribution in [2.75, 3.05) is 26.8 Å². The molecule has 4 saturated heterocycles. The molecule has 1 aromatic carbocycles. The summed E-state index contributed by atoms with van der Waals surface area (Å²) in [7, 11) is 1.67. The SMILES string of the molecule is COc1ccc2nccc(C(O)[C@@H]3CC4CCN3C[C@H]4C3CO3)c2c1. The molecule has 1 aromatic heterocycles. The van der Waals surface area contributed by atoms with Crippen LogP contribution in [0.1, 0.15) is 24.5 Å². The molecule has 5 heteroatoms. The number of fused-ring (bicyclic) bond motifs is 4. The van der Waals surface area contributed by atoms with Gasteiger partial charge in [0.1, 0.15) is 5.75 Å². The fraction of sp³-hybridized carbons (Fsp3) is 0.550. The number of hydrogen-bond acceptors (Lipinski definition) is 5. The molecule has 4 aliphatic heterocycles. The van der Waals surface area contributed by atoms with Crippen LogP contribution >= 0.6 is 0 Å². The van der Waals surface area contributed by atoms with Crippen molar-refractivity contribution in [3.63, 3.8) is 0 Å². The second-order valence-electron chi connectivity index (χ2n) is 7.61. The van der Waals surface area contributed by atoms with Gasteiger partial charge in [-0.05, 0) is 55.1 Å². The molecule has 6 atom stereocenters. The minimum absolute atomic E-state index is 0.186. The number of hydrogen-bond donors (Lipinski definition) is 1. The Morgan fingerprint density at radius 3 is 2.96 bits per heavy atom. The highest BCUT2D eigenvalue weighted by Gasteiger charge is 2.48. The quantitative estimate of drug-likeness (QED) is 0.866. The van der Waals surface area contributed by atoms with Crippen LogP contribution in [-0.2, 0) is 4.74 Å². The van der Waals surface area contributed by atoms with Crippen molar-refractivity contribution < 1.29 is 14.6 Å². The largest absolute Gasteiger partial charge is 0.497 e. The van der Waals surface area contributed by atoms with Gasteiger partial charge >= 0.3 is 0 Å². The van der Waals surface area contributed by atoms with E-state index in [1.54, 1.807) is 13.3 Å². The molecule has 4 unspecified atom stereocenters. The van der Waals surface area contributed by atoms with Crippen LogP contribution in [0.5, 0.6) is 5.75 Å². The van der Waals surface area contributed by atoms with Gasteiger partial charge in [0.15, 0.2) is 0 Å². The summed E-state index contributed by atoms with van der Waals surface area (Å²) in [4.78, 5) is 6.92. The van der Waals surface area contributed by atoms with Crippen LogP contribution in [0.3, 0.4) is 0 Å². The molecule has 0 radical (unpaired) electrons. The van der Waals surface area contributed by atoms with Crippen molar-refractivity contribution in [1.29, 1.82) is 0 Å². The highest BCUT2D eigenvalue weighted by molar-refractivity contribution is 5.83. The zero-order valence-electron chi connectivity index (χ0n) is 14.5. The summed E-state index contributed by atoms with van der Waals surface area (Å²) in [5.41, 5.74) is 1.86. The Hall–Kier alpha value is -1.69. The van der Waals surface area contributed by atoms with Crippen LogP contribution in [0, 0.1) is 11.8 Å². The summed E-state index contributed by atoms with van der Waals surface area (Å²) in [6.45, 7) is 3.07. The maximum Gasteiger partial charge on any atom is 0.119 e. The first-order valence-corrected chi connectivity index (χ1v) is 9.21. The average Bonchev–Trinajstić information content (AvgIpc) is 3.52. The molecule has 0 amide bonds. The minimum Gasteiger partial charge on any atom is -0.497 e. The number of methoxy groups -OCH3 is 1. The Morgan fingerprint density at radius 1 is 1.36 bits per heavy atom. The van der Waals surface area contributed by atoms with E-state index >= 15 is 0 Å².